The molecule has 1 heteroatoms. The molecule has 1 N–H and O–H groups in total. The molecule has 1 aromatic carbocycles. The van der Waals surface area contributed by atoms with Crippen LogP contribution in [0.3, 0.4) is 0 Å². The lowest BCUT2D eigenvalue weighted by atomic mass is 9.91. The molecule has 114 valence electrons. The minimum atomic E-state index is 0.736. The van der Waals surface area contributed by atoms with E-state index in [-0.39, 0.29) is 0 Å². The molecule has 0 radical (unpaired) electrons. The average Bonchev–Trinajstić information content (AvgIpc) is 2.35. The van der Waals surface area contributed by atoms with Gasteiger partial charge >= 0.3 is 0 Å². The van der Waals surface area contributed by atoms with Crippen molar-refractivity contribution in [2.24, 2.45) is 17.8 Å². The normalized spacial score (nSPS) is 13.2. The zero-order valence-electron chi connectivity index (χ0n) is 14.1. The topological polar surface area (TPSA) is 12.0 Å². The fourth-order valence-corrected chi connectivity index (χ4v) is 2.59. The van der Waals surface area contributed by atoms with Crippen LogP contribution in [0.2, 0.25) is 0 Å². The Balaban J connectivity index is 2.52. The highest BCUT2D eigenvalue weighted by atomic mass is 14.9. The van der Waals surface area contributed by atoms with Gasteiger partial charge in [-0.2, -0.15) is 0 Å². The third-order valence-electron chi connectivity index (χ3n) is 3.74. The molecule has 0 spiro atoms. The summed E-state index contributed by atoms with van der Waals surface area (Å²) in [5.74, 6) is 2.30. The summed E-state index contributed by atoms with van der Waals surface area (Å²) in [4.78, 5) is 0. The summed E-state index contributed by atoms with van der Waals surface area (Å²) in [7, 11) is 0. The number of aryl methyl sites for hydroxylation is 1. The molecule has 0 aliphatic carbocycles. The van der Waals surface area contributed by atoms with Gasteiger partial charge in [0.2, 0.25) is 0 Å². The quantitative estimate of drug-likeness (QED) is 0.680. The van der Waals surface area contributed by atoms with E-state index in [4.69, 9.17) is 0 Å². The summed E-state index contributed by atoms with van der Waals surface area (Å²) in [5, 5.41) is 3.64. The first kappa shape index (κ1) is 17.2. The number of benzene rings is 1. The maximum Gasteiger partial charge on any atom is -0.00172 e. The molecular weight excluding hydrogens is 242 g/mol. The van der Waals surface area contributed by atoms with E-state index in [1.165, 1.54) is 30.4 Å². The summed E-state index contributed by atoms with van der Waals surface area (Å²) < 4.78 is 0. The van der Waals surface area contributed by atoms with Crippen LogP contribution in [0.25, 0.3) is 0 Å². The van der Waals surface area contributed by atoms with Crippen LogP contribution in [-0.2, 0) is 6.42 Å². The summed E-state index contributed by atoms with van der Waals surface area (Å²) in [5.41, 5.74) is 2.87. The van der Waals surface area contributed by atoms with Crippen molar-refractivity contribution in [1.29, 1.82) is 0 Å². The second kappa shape index (κ2) is 9.18. The van der Waals surface area contributed by atoms with Crippen LogP contribution in [0, 0.1) is 24.7 Å². The van der Waals surface area contributed by atoms with Gasteiger partial charge in [-0.05, 0) is 56.2 Å². The zero-order valence-corrected chi connectivity index (χ0v) is 14.1. The van der Waals surface area contributed by atoms with Gasteiger partial charge in [-0.3, -0.25) is 0 Å². The van der Waals surface area contributed by atoms with Gasteiger partial charge in [-0.15, -0.1) is 0 Å². The Bertz CT molecular complexity index is 368. The maximum absolute atomic E-state index is 3.64. The molecule has 0 fully saturated rings. The third-order valence-corrected chi connectivity index (χ3v) is 3.74. The van der Waals surface area contributed by atoms with E-state index in [9.17, 15) is 0 Å². The molecular formula is C19H33N. The molecule has 0 saturated heterocycles. The number of hydrogen-bond acceptors (Lipinski definition) is 1. The molecule has 0 amide bonds. The van der Waals surface area contributed by atoms with Crippen molar-refractivity contribution in [3.8, 4) is 0 Å². The van der Waals surface area contributed by atoms with E-state index in [0.717, 1.165) is 30.8 Å². The van der Waals surface area contributed by atoms with E-state index in [1.54, 1.807) is 0 Å². The standard InChI is InChI=1S/C19H33N/c1-15(2)9-10-19(14-20-13-16(3)4)12-18-8-6-7-17(5)11-18/h6-8,11,15-16,19-20H,9-10,12-14H2,1-5H3. The average molecular weight is 275 g/mol. The lowest BCUT2D eigenvalue weighted by Crippen LogP contribution is -2.27. The monoisotopic (exact) mass is 275 g/mol. The highest BCUT2D eigenvalue weighted by molar-refractivity contribution is 5.22. The molecule has 0 heterocycles. The Labute approximate surface area is 126 Å². The predicted molar refractivity (Wildman–Crippen MR) is 90.2 cm³/mol. The van der Waals surface area contributed by atoms with Crippen LogP contribution in [0.1, 0.15) is 51.7 Å². The minimum absolute atomic E-state index is 0.736. The lowest BCUT2D eigenvalue weighted by molar-refractivity contribution is 0.389. The van der Waals surface area contributed by atoms with Gasteiger partial charge in [0.25, 0.3) is 0 Å². The minimum Gasteiger partial charge on any atom is -0.316 e. The van der Waals surface area contributed by atoms with Crippen LogP contribution in [0.5, 0.6) is 0 Å². The van der Waals surface area contributed by atoms with Gasteiger partial charge in [0.05, 0.1) is 0 Å². The SMILES string of the molecule is Cc1cccc(CC(CCC(C)C)CNCC(C)C)c1. The van der Waals surface area contributed by atoms with Gasteiger partial charge in [0.15, 0.2) is 0 Å². The summed E-state index contributed by atoms with van der Waals surface area (Å²) >= 11 is 0. The van der Waals surface area contributed by atoms with Crippen LogP contribution >= 0.6 is 0 Å². The predicted octanol–water partition coefficient (Wildman–Crippen LogP) is 4.84. The first-order valence-electron chi connectivity index (χ1n) is 8.23. The van der Waals surface area contributed by atoms with Crippen molar-refractivity contribution in [2.45, 2.75) is 53.9 Å². The van der Waals surface area contributed by atoms with Crippen molar-refractivity contribution in [1.82, 2.24) is 5.32 Å². The number of nitrogens with one attached hydrogen (secondary N) is 1. The smallest absolute Gasteiger partial charge is 0.00172 e. The van der Waals surface area contributed by atoms with Crippen LogP contribution < -0.4 is 5.32 Å². The molecule has 1 rings (SSSR count). The molecule has 1 unspecified atom stereocenters. The van der Waals surface area contributed by atoms with Crippen LogP contribution in [0.4, 0.5) is 0 Å². The van der Waals surface area contributed by atoms with Crippen molar-refractivity contribution >= 4 is 0 Å². The molecule has 1 aromatic rings. The molecule has 0 aliphatic rings. The third kappa shape index (κ3) is 7.69. The highest BCUT2D eigenvalue weighted by Gasteiger charge is 2.11. The summed E-state index contributed by atoms with van der Waals surface area (Å²) in [6, 6.07) is 8.98. The Morgan fingerprint density at radius 2 is 1.70 bits per heavy atom. The maximum atomic E-state index is 3.64. The molecule has 0 saturated carbocycles. The lowest BCUT2D eigenvalue weighted by Gasteiger charge is -2.20. The second-order valence-corrected chi connectivity index (χ2v) is 7.08. The van der Waals surface area contributed by atoms with Crippen molar-refractivity contribution in [3.05, 3.63) is 35.4 Å². The van der Waals surface area contributed by atoms with Crippen molar-refractivity contribution < 1.29 is 0 Å². The van der Waals surface area contributed by atoms with Gasteiger partial charge in [-0.1, -0.05) is 63.9 Å². The fraction of sp³-hybridized carbons (Fsp3) is 0.684. The zero-order chi connectivity index (χ0) is 15.0. The van der Waals surface area contributed by atoms with Gasteiger partial charge in [-0.25, -0.2) is 0 Å². The fourth-order valence-electron chi connectivity index (χ4n) is 2.59. The van der Waals surface area contributed by atoms with Crippen LogP contribution in [-0.4, -0.2) is 13.1 Å². The Morgan fingerprint density at radius 3 is 2.30 bits per heavy atom. The highest BCUT2D eigenvalue weighted by Crippen LogP contribution is 2.18. The second-order valence-electron chi connectivity index (χ2n) is 7.08. The first-order valence-corrected chi connectivity index (χ1v) is 8.23. The molecule has 0 aliphatic heterocycles. The van der Waals surface area contributed by atoms with Gasteiger partial charge < -0.3 is 5.32 Å². The van der Waals surface area contributed by atoms with E-state index in [0.29, 0.717) is 0 Å². The van der Waals surface area contributed by atoms with Gasteiger partial charge in [0, 0.05) is 0 Å². The molecule has 0 bridgehead atoms. The Morgan fingerprint density at radius 1 is 0.950 bits per heavy atom. The number of hydrogen-bond donors (Lipinski definition) is 1. The Hall–Kier alpha value is -0.820. The van der Waals surface area contributed by atoms with Crippen molar-refractivity contribution in [3.63, 3.8) is 0 Å². The van der Waals surface area contributed by atoms with E-state index in [2.05, 4.69) is 64.2 Å². The van der Waals surface area contributed by atoms with Gasteiger partial charge in [0.1, 0.15) is 0 Å². The van der Waals surface area contributed by atoms with E-state index in [1.807, 2.05) is 0 Å². The molecule has 0 aromatic heterocycles. The Kier molecular flexibility index (Phi) is 7.91. The van der Waals surface area contributed by atoms with E-state index >= 15 is 0 Å². The van der Waals surface area contributed by atoms with E-state index < -0.39 is 0 Å². The van der Waals surface area contributed by atoms with Crippen LogP contribution in [0.15, 0.2) is 24.3 Å². The largest absolute Gasteiger partial charge is 0.316 e. The summed E-state index contributed by atoms with van der Waals surface area (Å²) in [6.07, 6.45) is 3.87. The first-order chi connectivity index (χ1) is 9.47. The molecule has 20 heavy (non-hydrogen) atoms. The number of rotatable bonds is 9. The molecule has 1 nitrogen and oxygen atoms in total. The van der Waals surface area contributed by atoms with Crippen molar-refractivity contribution in [2.75, 3.05) is 13.1 Å². The molecule has 1 atom stereocenters. The summed E-state index contributed by atoms with van der Waals surface area (Å²) in [6.45, 7) is 13.7.